The summed E-state index contributed by atoms with van der Waals surface area (Å²) in [6.45, 7) is 4.00. The van der Waals surface area contributed by atoms with Crippen LogP contribution in [0.1, 0.15) is 44.6 Å². The fraction of sp³-hybridized carbons (Fsp3) is 0.419. The Morgan fingerprint density at radius 3 is 2.51 bits per heavy atom. The van der Waals surface area contributed by atoms with E-state index >= 15 is 0 Å². The van der Waals surface area contributed by atoms with Crippen LogP contribution in [0, 0.1) is 34.9 Å². The number of hydrogen-bond acceptors (Lipinski definition) is 6. The quantitative estimate of drug-likeness (QED) is 0.401. The molecule has 0 spiro atoms. The summed E-state index contributed by atoms with van der Waals surface area (Å²) in [6.07, 6.45) is 3.17. The normalized spacial score (nSPS) is 30.8. The number of ether oxygens (including phenoxy) is 1. The van der Waals surface area contributed by atoms with Crippen LogP contribution in [0.4, 0.5) is 10.1 Å². The van der Waals surface area contributed by atoms with E-state index in [9.17, 15) is 28.7 Å². The minimum Gasteiger partial charge on any atom is -0.504 e. The van der Waals surface area contributed by atoms with E-state index in [0.717, 1.165) is 16.5 Å². The topological polar surface area (TPSA) is 104 Å². The molecule has 0 bridgehead atoms. The van der Waals surface area contributed by atoms with Gasteiger partial charge in [0.25, 0.3) is 0 Å². The SMILES string of the molecule is CCCN1C(=O)C2CC=C3C(CC4C(=O)N(c5ccc(F)c(Cl)c5)C(=O)C4(C)C3c3ccc(O)c(OC)c3)C2C1=O. The lowest BCUT2D eigenvalue weighted by Crippen LogP contribution is -2.48. The standard InChI is InChI=1S/C31H30ClFN2O6/c1-4-11-34-27(37)18-8-7-17-19(25(18)29(34)39)14-20-28(38)35(16-6-9-22(33)21(32)13-16)30(40)31(20,2)26(17)15-5-10-23(36)24(12-15)41-3/h5-7,9-10,12-13,18-20,25-26,36H,4,8,11,14H2,1-3H3. The number of hydrogen-bond donors (Lipinski definition) is 1. The van der Waals surface area contributed by atoms with Gasteiger partial charge in [-0.15, -0.1) is 0 Å². The summed E-state index contributed by atoms with van der Waals surface area (Å²) in [5.41, 5.74) is 0.366. The average molecular weight is 581 g/mol. The number of phenolic OH excluding ortho intramolecular Hbond substituents is 1. The maximum atomic E-state index is 14.4. The zero-order valence-corrected chi connectivity index (χ0v) is 23.7. The van der Waals surface area contributed by atoms with E-state index in [0.29, 0.717) is 24.9 Å². The third-order valence-electron chi connectivity index (χ3n) is 9.51. The minimum absolute atomic E-state index is 0.0776. The van der Waals surface area contributed by atoms with Gasteiger partial charge in [0, 0.05) is 12.5 Å². The fourth-order valence-corrected chi connectivity index (χ4v) is 7.82. The summed E-state index contributed by atoms with van der Waals surface area (Å²) < 4.78 is 19.4. The number of benzene rings is 2. The summed E-state index contributed by atoms with van der Waals surface area (Å²) in [7, 11) is 1.42. The second kappa shape index (κ2) is 9.69. The number of carbonyl (C=O) groups excluding carboxylic acids is 4. The number of carbonyl (C=O) groups is 4. The predicted octanol–water partition coefficient (Wildman–Crippen LogP) is 4.83. The lowest BCUT2D eigenvalue weighted by Gasteiger charge is -2.49. The second-order valence-electron chi connectivity index (χ2n) is 11.5. The molecule has 2 aliphatic heterocycles. The van der Waals surface area contributed by atoms with E-state index < -0.39 is 52.6 Å². The largest absolute Gasteiger partial charge is 0.504 e. The van der Waals surface area contributed by atoms with Crippen LogP contribution in [0.5, 0.6) is 11.5 Å². The highest BCUT2D eigenvalue weighted by atomic mass is 35.5. The maximum Gasteiger partial charge on any atom is 0.241 e. The summed E-state index contributed by atoms with van der Waals surface area (Å²) in [5.74, 6) is -4.95. The molecule has 1 saturated carbocycles. The number of likely N-dealkylation sites (tertiary alicyclic amines) is 1. The first-order chi connectivity index (χ1) is 19.5. The van der Waals surface area contributed by atoms with Gasteiger partial charge >= 0.3 is 0 Å². The Hall–Kier alpha value is -3.72. The molecule has 4 aliphatic rings. The first-order valence-corrected chi connectivity index (χ1v) is 14.2. The first-order valence-electron chi connectivity index (χ1n) is 13.8. The monoisotopic (exact) mass is 580 g/mol. The highest BCUT2D eigenvalue weighted by Gasteiger charge is 2.67. The Labute approximate surface area is 241 Å². The van der Waals surface area contributed by atoms with Gasteiger partial charge in [0.05, 0.1) is 41.0 Å². The molecule has 2 aromatic rings. The molecule has 10 heteroatoms. The summed E-state index contributed by atoms with van der Waals surface area (Å²) >= 11 is 6.03. The lowest BCUT2D eigenvalue weighted by atomic mass is 9.51. The molecule has 1 N–H and O–H groups in total. The number of phenols is 1. The molecule has 8 nitrogen and oxygen atoms in total. The molecule has 6 atom stereocenters. The smallest absolute Gasteiger partial charge is 0.241 e. The number of methoxy groups -OCH3 is 1. The van der Waals surface area contributed by atoms with Crippen molar-refractivity contribution in [2.24, 2.45) is 29.1 Å². The van der Waals surface area contributed by atoms with Crippen LogP contribution in [0.3, 0.4) is 0 Å². The van der Waals surface area contributed by atoms with Crippen molar-refractivity contribution in [1.82, 2.24) is 4.90 Å². The molecule has 2 aromatic carbocycles. The molecular formula is C31H30ClFN2O6. The van der Waals surface area contributed by atoms with Gasteiger partial charge in [-0.2, -0.15) is 0 Å². The fourth-order valence-electron chi connectivity index (χ4n) is 7.65. The number of aromatic hydroxyl groups is 1. The third kappa shape index (κ3) is 3.77. The first kappa shape index (κ1) is 27.4. The van der Waals surface area contributed by atoms with Crippen molar-refractivity contribution in [1.29, 1.82) is 0 Å². The summed E-state index contributed by atoms with van der Waals surface area (Å²) in [5, 5.41) is 10.1. The number of allylic oxidation sites excluding steroid dienone is 2. The number of rotatable bonds is 5. The van der Waals surface area contributed by atoms with Crippen molar-refractivity contribution in [2.45, 2.75) is 39.0 Å². The lowest BCUT2D eigenvalue weighted by molar-refractivity contribution is -0.140. The van der Waals surface area contributed by atoms with E-state index in [-0.39, 0.29) is 40.4 Å². The summed E-state index contributed by atoms with van der Waals surface area (Å²) in [6, 6.07) is 8.55. The van der Waals surface area contributed by atoms with Crippen molar-refractivity contribution >= 4 is 40.9 Å². The zero-order chi connectivity index (χ0) is 29.4. The van der Waals surface area contributed by atoms with Gasteiger partial charge in [-0.1, -0.05) is 36.2 Å². The molecule has 0 aromatic heterocycles. The van der Waals surface area contributed by atoms with Crippen LogP contribution in [-0.2, 0) is 19.2 Å². The molecule has 2 saturated heterocycles. The molecule has 6 unspecified atom stereocenters. The van der Waals surface area contributed by atoms with Crippen LogP contribution in [-0.4, -0.2) is 47.3 Å². The van der Waals surface area contributed by atoms with Gasteiger partial charge < -0.3 is 9.84 Å². The van der Waals surface area contributed by atoms with Crippen molar-refractivity contribution in [2.75, 3.05) is 18.6 Å². The Bertz CT molecular complexity index is 1540. The molecule has 2 aliphatic carbocycles. The Morgan fingerprint density at radius 1 is 1.07 bits per heavy atom. The van der Waals surface area contributed by atoms with Crippen molar-refractivity contribution in [3.05, 3.63) is 64.5 Å². The number of nitrogens with zero attached hydrogens (tertiary/aromatic N) is 2. The third-order valence-corrected chi connectivity index (χ3v) is 9.80. The molecule has 3 fully saturated rings. The van der Waals surface area contributed by atoms with Gasteiger partial charge in [-0.3, -0.25) is 24.1 Å². The van der Waals surface area contributed by atoms with Crippen LogP contribution in [0.2, 0.25) is 5.02 Å². The van der Waals surface area contributed by atoms with E-state index in [1.165, 1.54) is 30.2 Å². The predicted molar refractivity (Wildman–Crippen MR) is 148 cm³/mol. The molecule has 6 rings (SSSR count). The average Bonchev–Trinajstić information content (AvgIpc) is 3.31. The Balaban J connectivity index is 1.52. The van der Waals surface area contributed by atoms with E-state index in [1.54, 1.807) is 19.1 Å². The van der Waals surface area contributed by atoms with Crippen LogP contribution < -0.4 is 9.64 Å². The second-order valence-corrected chi connectivity index (χ2v) is 11.9. The van der Waals surface area contributed by atoms with Crippen LogP contribution in [0.15, 0.2) is 48.0 Å². The van der Waals surface area contributed by atoms with Crippen molar-refractivity contribution in [3.8, 4) is 11.5 Å². The van der Waals surface area contributed by atoms with Crippen LogP contribution >= 0.6 is 11.6 Å². The highest BCUT2D eigenvalue weighted by molar-refractivity contribution is 6.31. The van der Waals surface area contributed by atoms with Crippen molar-refractivity contribution < 1.29 is 33.4 Å². The van der Waals surface area contributed by atoms with Gasteiger partial charge in [0.1, 0.15) is 5.82 Å². The minimum atomic E-state index is -1.27. The molecule has 214 valence electrons. The van der Waals surface area contributed by atoms with Gasteiger partial charge in [-0.05, 0) is 68.0 Å². The van der Waals surface area contributed by atoms with Crippen LogP contribution in [0.25, 0.3) is 0 Å². The Kier molecular flexibility index (Phi) is 6.48. The molecule has 41 heavy (non-hydrogen) atoms. The van der Waals surface area contributed by atoms with Gasteiger partial charge in [-0.25, -0.2) is 9.29 Å². The van der Waals surface area contributed by atoms with Crippen molar-refractivity contribution in [3.63, 3.8) is 0 Å². The number of anilines is 1. The van der Waals surface area contributed by atoms with E-state index in [4.69, 9.17) is 16.3 Å². The number of imide groups is 2. The van der Waals surface area contributed by atoms with E-state index in [1.807, 2.05) is 13.0 Å². The number of halogens is 2. The molecule has 2 heterocycles. The van der Waals surface area contributed by atoms with E-state index in [2.05, 4.69) is 0 Å². The molecule has 0 radical (unpaired) electrons. The Morgan fingerprint density at radius 2 is 1.83 bits per heavy atom. The molecular weight excluding hydrogens is 551 g/mol. The number of fused-ring (bicyclic) bond motifs is 4. The summed E-state index contributed by atoms with van der Waals surface area (Å²) in [4.78, 5) is 57.8. The maximum absolute atomic E-state index is 14.4. The molecule has 4 amide bonds. The van der Waals surface area contributed by atoms with Gasteiger partial charge in [0.15, 0.2) is 11.5 Å². The highest BCUT2D eigenvalue weighted by Crippen LogP contribution is 2.64. The zero-order valence-electron chi connectivity index (χ0n) is 22.9. The van der Waals surface area contributed by atoms with Gasteiger partial charge in [0.2, 0.25) is 23.6 Å². The number of amides is 4.